The largest absolute Gasteiger partial charge is 0.404 e. The Morgan fingerprint density at radius 2 is 2.11 bits per heavy atom. The topological polar surface area (TPSA) is 78.9 Å². The third kappa shape index (κ3) is 2.77. The molecule has 0 amide bonds. The fourth-order valence-electron chi connectivity index (χ4n) is 4.22. The monoisotopic (exact) mass is 393 g/mol. The quantitative estimate of drug-likeness (QED) is 0.650. The Labute approximate surface area is 166 Å². The first-order chi connectivity index (χ1) is 13.6. The lowest BCUT2D eigenvalue weighted by atomic mass is 9.62. The van der Waals surface area contributed by atoms with Crippen LogP contribution in [0.3, 0.4) is 0 Å². The van der Waals surface area contributed by atoms with Crippen LogP contribution in [0.5, 0.6) is 0 Å². The van der Waals surface area contributed by atoms with Crippen molar-refractivity contribution in [1.29, 1.82) is 5.41 Å². The second-order valence-electron chi connectivity index (χ2n) is 7.73. The SMILES string of the molecule is N=C/C(=C\N)c1ccc2nc(-c3ccc(N4CC5(CC(F)C5)C4)nc3)sc2c1. The minimum atomic E-state index is -0.604. The molecule has 3 heterocycles. The molecule has 1 spiro atoms. The number of hydrogen-bond acceptors (Lipinski definition) is 6. The summed E-state index contributed by atoms with van der Waals surface area (Å²) in [7, 11) is 0. The zero-order valence-corrected chi connectivity index (χ0v) is 16.0. The van der Waals surface area contributed by atoms with Crippen molar-refractivity contribution in [3.8, 4) is 10.6 Å². The number of anilines is 1. The lowest BCUT2D eigenvalue weighted by Crippen LogP contribution is -2.63. The van der Waals surface area contributed by atoms with Crippen molar-refractivity contribution in [2.24, 2.45) is 11.1 Å². The number of aromatic nitrogens is 2. The van der Waals surface area contributed by atoms with Gasteiger partial charge in [0.05, 0.1) is 10.2 Å². The smallest absolute Gasteiger partial charge is 0.128 e. The molecule has 2 aliphatic rings. The van der Waals surface area contributed by atoms with E-state index in [4.69, 9.17) is 16.1 Å². The van der Waals surface area contributed by atoms with Gasteiger partial charge in [-0.05, 0) is 42.7 Å². The number of nitrogens with one attached hydrogen (secondary N) is 1. The summed E-state index contributed by atoms with van der Waals surface area (Å²) in [6, 6.07) is 9.97. The molecule has 5 nitrogen and oxygen atoms in total. The number of rotatable bonds is 4. The fourth-order valence-corrected chi connectivity index (χ4v) is 5.21. The van der Waals surface area contributed by atoms with Crippen molar-refractivity contribution in [1.82, 2.24) is 9.97 Å². The van der Waals surface area contributed by atoms with E-state index in [0.717, 1.165) is 45.3 Å². The van der Waals surface area contributed by atoms with E-state index < -0.39 is 6.17 Å². The average Bonchev–Trinajstić information content (AvgIpc) is 3.08. The third-order valence-electron chi connectivity index (χ3n) is 5.74. The number of fused-ring (bicyclic) bond motifs is 1. The van der Waals surface area contributed by atoms with Crippen LogP contribution in [0.15, 0.2) is 42.7 Å². The molecule has 3 N–H and O–H groups in total. The van der Waals surface area contributed by atoms with Crippen LogP contribution in [0.1, 0.15) is 18.4 Å². The highest BCUT2D eigenvalue weighted by molar-refractivity contribution is 7.21. The second-order valence-corrected chi connectivity index (χ2v) is 8.77. The van der Waals surface area contributed by atoms with E-state index in [1.807, 2.05) is 36.5 Å². The number of halogens is 1. The predicted octanol–water partition coefficient (Wildman–Crippen LogP) is 4.25. The first-order valence-electron chi connectivity index (χ1n) is 9.28. The van der Waals surface area contributed by atoms with Crippen LogP contribution in [0.25, 0.3) is 26.4 Å². The molecule has 28 heavy (non-hydrogen) atoms. The van der Waals surface area contributed by atoms with Gasteiger partial charge < -0.3 is 16.0 Å². The Balaban J connectivity index is 1.36. The summed E-state index contributed by atoms with van der Waals surface area (Å²) in [6.45, 7) is 1.82. The second kappa shape index (κ2) is 6.38. The number of hydrogen-bond donors (Lipinski definition) is 2. The Morgan fingerprint density at radius 1 is 1.29 bits per heavy atom. The standard InChI is InChI=1S/C21H20FN5S/c22-16-6-21(7-16)11-27(12-21)19-4-2-14(10-25-19)20-26-17-3-1-13(5-18(17)28-20)15(8-23)9-24/h1-5,8-10,16,23H,6-7,11-12,24H2/b15-9+,23-8?. The lowest BCUT2D eigenvalue weighted by molar-refractivity contribution is 0.000448. The van der Waals surface area contributed by atoms with Gasteiger partial charge in [0.1, 0.15) is 17.0 Å². The van der Waals surface area contributed by atoms with E-state index in [2.05, 4.69) is 9.88 Å². The van der Waals surface area contributed by atoms with Gasteiger partial charge in [-0.2, -0.15) is 0 Å². The molecule has 142 valence electrons. The predicted molar refractivity (Wildman–Crippen MR) is 113 cm³/mol. The zero-order chi connectivity index (χ0) is 19.3. The molecule has 1 aromatic carbocycles. The minimum Gasteiger partial charge on any atom is -0.404 e. The molecule has 2 fully saturated rings. The van der Waals surface area contributed by atoms with Crippen LogP contribution < -0.4 is 10.6 Å². The first-order valence-corrected chi connectivity index (χ1v) is 10.1. The maximum Gasteiger partial charge on any atom is 0.128 e. The molecule has 0 atom stereocenters. The molecule has 0 bridgehead atoms. The highest BCUT2D eigenvalue weighted by atomic mass is 32.1. The summed E-state index contributed by atoms with van der Waals surface area (Å²) < 4.78 is 14.2. The average molecular weight is 393 g/mol. The number of nitrogens with two attached hydrogens (primary N) is 1. The molecule has 0 unspecified atom stereocenters. The molecule has 2 aromatic heterocycles. The van der Waals surface area contributed by atoms with E-state index in [0.29, 0.717) is 18.4 Å². The maximum atomic E-state index is 13.1. The summed E-state index contributed by atoms with van der Waals surface area (Å²) in [5, 5.41) is 8.37. The molecular weight excluding hydrogens is 373 g/mol. The Morgan fingerprint density at radius 3 is 2.75 bits per heavy atom. The number of thiazole rings is 1. The molecule has 3 aromatic rings. The van der Waals surface area contributed by atoms with Crippen LogP contribution in [-0.4, -0.2) is 35.4 Å². The van der Waals surface area contributed by atoms with E-state index >= 15 is 0 Å². The van der Waals surface area contributed by atoms with Gasteiger partial charge in [-0.15, -0.1) is 11.3 Å². The van der Waals surface area contributed by atoms with E-state index in [1.165, 1.54) is 12.4 Å². The van der Waals surface area contributed by atoms with Gasteiger partial charge in [0, 0.05) is 48.3 Å². The van der Waals surface area contributed by atoms with Crippen molar-refractivity contribution in [2.45, 2.75) is 19.0 Å². The van der Waals surface area contributed by atoms with Crippen molar-refractivity contribution < 1.29 is 4.39 Å². The molecule has 5 rings (SSSR count). The fraction of sp³-hybridized carbons (Fsp3) is 0.286. The number of allylic oxidation sites excluding steroid dienone is 1. The lowest BCUT2D eigenvalue weighted by Gasteiger charge is -2.57. The molecule has 1 saturated carbocycles. The summed E-state index contributed by atoms with van der Waals surface area (Å²) >= 11 is 1.60. The summed E-state index contributed by atoms with van der Waals surface area (Å²) in [5.41, 5.74) is 9.29. The molecule has 0 radical (unpaired) electrons. The van der Waals surface area contributed by atoms with Crippen molar-refractivity contribution in [3.63, 3.8) is 0 Å². The Bertz CT molecular complexity index is 1070. The Kier molecular flexibility index (Phi) is 3.94. The van der Waals surface area contributed by atoms with Crippen molar-refractivity contribution >= 4 is 39.2 Å². The van der Waals surface area contributed by atoms with Crippen molar-refractivity contribution in [2.75, 3.05) is 18.0 Å². The first kappa shape index (κ1) is 17.3. The van der Waals surface area contributed by atoms with Gasteiger partial charge in [-0.3, -0.25) is 0 Å². The third-order valence-corrected chi connectivity index (χ3v) is 6.80. The van der Waals surface area contributed by atoms with Gasteiger partial charge >= 0.3 is 0 Å². The van der Waals surface area contributed by atoms with E-state index in [1.54, 1.807) is 11.3 Å². The number of benzene rings is 1. The maximum absolute atomic E-state index is 13.1. The van der Waals surface area contributed by atoms with Crippen LogP contribution in [0, 0.1) is 10.8 Å². The molecule has 7 heteroatoms. The van der Waals surface area contributed by atoms with Gasteiger partial charge in [0.2, 0.25) is 0 Å². The van der Waals surface area contributed by atoms with Crippen LogP contribution in [0.4, 0.5) is 10.2 Å². The van der Waals surface area contributed by atoms with Crippen LogP contribution in [0.2, 0.25) is 0 Å². The van der Waals surface area contributed by atoms with Gasteiger partial charge in [-0.1, -0.05) is 6.07 Å². The summed E-state index contributed by atoms with van der Waals surface area (Å²) in [4.78, 5) is 11.5. The highest BCUT2D eigenvalue weighted by Crippen LogP contribution is 2.50. The minimum absolute atomic E-state index is 0.206. The molecule has 1 aliphatic carbocycles. The van der Waals surface area contributed by atoms with E-state index in [9.17, 15) is 4.39 Å². The van der Waals surface area contributed by atoms with Gasteiger partial charge in [0.15, 0.2) is 0 Å². The summed E-state index contributed by atoms with van der Waals surface area (Å²) in [5.74, 6) is 0.948. The van der Waals surface area contributed by atoms with Crippen molar-refractivity contribution in [3.05, 3.63) is 48.3 Å². The molecule has 1 saturated heterocycles. The van der Waals surface area contributed by atoms with Gasteiger partial charge in [0.25, 0.3) is 0 Å². The molecule has 1 aliphatic heterocycles. The Hall–Kier alpha value is -2.80. The number of pyridine rings is 1. The molecular formula is C21H20FN5S. The summed E-state index contributed by atoms with van der Waals surface area (Å²) in [6.07, 6.45) is 5.36. The van der Waals surface area contributed by atoms with Gasteiger partial charge in [-0.25, -0.2) is 14.4 Å². The number of nitrogens with zero attached hydrogens (tertiary/aromatic N) is 3. The van der Waals surface area contributed by atoms with E-state index in [-0.39, 0.29) is 5.41 Å². The zero-order valence-electron chi connectivity index (χ0n) is 15.2. The highest BCUT2D eigenvalue weighted by Gasteiger charge is 2.53. The van der Waals surface area contributed by atoms with Crippen LogP contribution in [-0.2, 0) is 0 Å². The normalized spacial score (nSPS) is 18.9. The van der Waals surface area contributed by atoms with Crippen LogP contribution >= 0.6 is 11.3 Å². The number of alkyl halides is 1.